The number of carbonyl (C=O) groups excluding carboxylic acids is 2. The molecule has 4 heteroatoms. The van der Waals surface area contributed by atoms with E-state index in [2.05, 4.69) is 0 Å². The van der Waals surface area contributed by atoms with Crippen LogP contribution in [0.4, 0.5) is 4.79 Å². The maximum Gasteiger partial charge on any atom is 0.411 e. The van der Waals surface area contributed by atoms with E-state index in [0.717, 1.165) is 0 Å². The summed E-state index contributed by atoms with van der Waals surface area (Å²) in [4.78, 5) is 24.8. The van der Waals surface area contributed by atoms with Crippen molar-refractivity contribution in [2.75, 3.05) is 6.54 Å². The molecule has 1 fully saturated rings. The smallest absolute Gasteiger partial charge is 0.411 e. The molecule has 0 saturated carbocycles. The van der Waals surface area contributed by atoms with E-state index in [0.29, 0.717) is 0 Å². The second-order valence-corrected chi connectivity index (χ2v) is 6.34. The van der Waals surface area contributed by atoms with Crippen molar-refractivity contribution in [2.24, 2.45) is 5.41 Å². The SMILES string of the molecule is CC(C)(C)OC(=O)N1CC(=O)C1C(C)(C)C. The molecule has 1 heterocycles. The maximum absolute atomic E-state index is 11.8. The molecule has 1 aliphatic rings. The number of rotatable bonds is 0. The van der Waals surface area contributed by atoms with Crippen LogP contribution in [0.2, 0.25) is 0 Å². The van der Waals surface area contributed by atoms with Crippen LogP contribution in [-0.4, -0.2) is 35.0 Å². The topological polar surface area (TPSA) is 46.6 Å². The van der Waals surface area contributed by atoms with Crippen molar-refractivity contribution >= 4 is 11.9 Å². The quantitative estimate of drug-likeness (QED) is 0.637. The van der Waals surface area contributed by atoms with Crippen LogP contribution >= 0.6 is 0 Å². The number of amides is 1. The molecule has 0 spiro atoms. The highest BCUT2D eigenvalue weighted by atomic mass is 16.6. The van der Waals surface area contributed by atoms with Crippen molar-refractivity contribution in [1.29, 1.82) is 0 Å². The van der Waals surface area contributed by atoms with Gasteiger partial charge in [-0.05, 0) is 26.2 Å². The highest BCUT2D eigenvalue weighted by molar-refractivity contribution is 5.98. The fourth-order valence-electron chi connectivity index (χ4n) is 1.85. The molecule has 1 unspecified atom stereocenters. The highest BCUT2D eigenvalue weighted by Gasteiger charge is 2.48. The molecule has 0 aromatic heterocycles. The van der Waals surface area contributed by atoms with Crippen molar-refractivity contribution < 1.29 is 14.3 Å². The molecule has 1 aliphatic heterocycles. The monoisotopic (exact) mass is 227 g/mol. The summed E-state index contributed by atoms with van der Waals surface area (Å²) in [5.74, 6) is 0.110. The van der Waals surface area contributed by atoms with E-state index in [1.807, 2.05) is 41.5 Å². The van der Waals surface area contributed by atoms with E-state index in [1.165, 1.54) is 4.90 Å². The van der Waals surface area contributed by atoms with E-state index in [-0.39, 0.29) is 23.8 Å². The number of likely N-dealkylation sites (tertiary alicyclic amines) is 1. The molecule has 16 heavy (non-hydrogen) atoms. The van der Waals surface area contributed by atoms with Gasteiger partial charge in [-0.25, -0.2) is 4.79 Å². The van der Waals surface area contributed by atoms with Crippen molar-refractivity contribution in [2.45, 2.75) is 53.2 Å². The fourth-order valence-corrected chi connectivity index (χ4v) is 1.85. The third-order valence-electron chi connectivity index (χ3n) is 2.39. The lowest BCUT2D eigenvalue weighted by Gasteiger charge is -2.46. The van der Waals surface area contributed by atoms with Crippen molar-refractivity contribution in [3.63, 3.8) is 0 Å². The van der Waals surface area contributed by atoms with Gasteiger partial charge in [-0.3, -0.25) is 9.69 Å². The zero-order valence-corrected chi connectivity index (χ0v) is 11.0. The maximum atomic E-state index is 11.8. The van der Waals surface area contributed by atoms with Crippen LogP contribution < -0.4 is 0 Å². The summed E-state index contributed by atoms with van der Waals surface area (Å²) in [6.07, 6.45) is -0.396. The van der Waals surface area contributed by atoms with E-state index in [4.69, 9.17) is 4.74 Å². The Kier molecular flexibility index (Phi) is 3.05. The summed E-state index contributed by atoms with van der Waals surface area (Å²) in [6, 6.07) is -0.345. The Balaban J connectivity index is 2.70. The summed E-state index contributed by atoms with van der Waals surface area (Å²) in [6.45, 7) is 11.5. The van der Waals surface area contributed by atoms with Crippen molar-refractivity contribution in [1.82, 2.24) is 4.90 Å². The van der Waals surface area contributed by atoms with Gasteiger partial charge < -0.3 is 4.74 Å². The number of Topliss-reactive ketones (excluding diaryl/α,β-unsaturated/α-hetero) is 1. The third-order valence-corrected chi connectivity index (χ3v) is 2.39. The molecule has 0 bridgehead atoms. The van der Waals surface area contributed by atoms with E-state index >= 15 is 0 Å². The predicted octanol–water partition coefficient (Wildman–Crippen LogP) is 2.22. The second-order valence-electron chi connectivity index (χ2n) is 6.34. The zero-order valence-electron chi connectivity index (χ0n) is 11.0. The Hall–Kier alpha value is -1.06. The molecule has 0 radical (unpaired) electrons. The first-order valence-corrected chi connectivity index (χ1v) is 5.55. The summed E-state index contributed by atoms with van der Waals surface area (Å²) < 4.78 is 5.25. The molecule has 1 saturated heterocycles. The zero-order chi connectivity index (χ0) is 12.7. The van der Waals surface area contributed by atoms with Crippen LogP contribution in [0.15, 0.2) is 0 Å². The normalized spacial score (nSPS) is 21.8. The Morgan fingerprint density at radius 1 is 1.25 bits per heavy atom. The predicted molar refractivity (Wildman–Crippen MR) is 61.2 cm³/mol. The van der Waals surface area contributed by atoms with Gasteiger partial charge in [0, 0.05) is 0 Å². The fraction of sp³-hybridized carbons (Fsp3) is 0.833. The van der Waals surface area contributed by atoms with Crippen molar-refractivity contribution in [3.8, 4) is 0 Å². The minimum absolute atomic E-state index is 0.110. The highest BCUT2D eigenvalue weighted by Crippen LogP contribution is 2.32. The van der Waals surface area contributed by atoms with Gasteiger partial charge in [-0.2, -0.15) is 0 Å². The second kappa shape index (κ2) is 3.75. The number of ketones is 1. The summed E-state index contributed by atoms with van der Waals surface area (Å²) in [5.41, 5.74) is -0.746. The average Bonchev–Trinajstić information content (AvgIpc) is 1.92. The van der Waals surface area contributed by atoms with Gasteiger partial charge in [0.25, 0.3) is 0 Å². The largest absolute Gasteiger partial charge is 0.444 e. The van der Waals surface area contributed by atoms with E-state index in [9.17, 15) is 9.59 Å². The number of ether oxygens (including phenoxy) is 1. The lowest BCUT2D eigenvalue weighted by molar-refractivity contribution is -0.141. The Morgan fingerprint density at radius 2 is 1.75 bits per heavy atom. The Labute approximate surface area is 96.9 Å². The molecule has 0 aromatic carbocycles. The average molecular weight is 227 g/mol. The first kappa shape index (κ1) is 13.0. The van der Waals surface area contributed by atoms with Gasteiger partial charge >= 0.3 is 6.09 Å². The summed E-state index contributed by atoms with van der Waals surface area (Å²) >= 11 is 0. The number of hydrogen-bond donors (Lipinski definition) is 0. The minimum Gasteiger partial charge on any atom is -0.444 e. The molecule has 0 aliphatic carbocycles. The first-order valence-electron chi connectivity index (χ1n) is 5.55. The summed E-state index contributed by atoms with van der Waals surface area (Å²) in [7, 11) is 0. The standard InChI is InChI=1S/C12H21NO3/c1-11(2,3)9-8(14)7-13(9)10(15)16-12(4,5)6/h9H,7H2,1-6H3. The molecular weight excluding hydrogens is 206 g/mol. The molecule has 1 rings (SSSR count). The molecule has 0 aromatic rings. The van der Waals surface area contributed by atoms with Gasteiger partial charge in [0.1, 0.15) is 11.6 Å². The Bertz CT molecular complexity index is 309. The molecule has 92 valence electrons. The van der Waals surface area contributed by atoms with Crippen LogP contribution in [0.5, 0.6) is 0 Å². The van der Waals surface area contributed by atoms with Gasteiger partial charge in [0.05, 0.1) is 6.54 Å². The number of hydrogen-bond acceptors (Lipinski definition) is 3. The molecule has 0 N–H and O–H groups in total. The Morgan fingerprint density at radius 3 is 2.06 bits per heavy atom. The van der Waals surface area contributed by atoms with Crippen LogP contribution in [0.1, 0.15) is 41.5 Å². The third kappa shape index (κ3) is 2.74. The van der Waals surface area contributed by atoms with E-state index in [1.54, 1.807) is 0 Å². The molecular formula is C12H21NO3. The first-order chi connectivity index (χ1) is 7.02. The molecule has 1 atom stereocenters. The van der Waals surface area contributed by atoms with Crippen molar-refractivity contribution in [3.05, 3.63) is 0 Å². The van der Waals surface area contributed by atoms with Crippen LogP contribution in [0.3, 0.4) is 0 Å². The summed E-state index contributed by atoms with van der Waals surface area (Å²) in [5, 5.41) is 0. The van der Waals surface area contributed by atoms with Gasteiger partial charge in [0.15, 0.2) is 5.78 Å². The van der Waals surface area contributed by atoms with E-state index < -0.39 is 11.7 Å². The minimum atomic E-state index is -0.516. The van der Waals surface area contributed by atoms with Gasteiger partial charge in [0.2, 0.25) is 0 Å². The lowest BCUT2D eigenvalue weighted by atomic mass is 9.78. The van der Waals surface area contributed by atoms with Crippen LogP contribution in [0.25, 0.3) is 0 Å². The lowest BCUT2D eigenvalue weighted by Crippen LogP contribution is -2.65. The van der Waals surface area contributed by atoms with Crippen LogP contribution in [0, 0.1) is 5.41 Å². The van der Waals surface area contributed by atoms with Crippen LogP contribution in [-0.2, 0) is 9.53 Å². The number of nitrogens with zero attached hydrogens (tertiary/aromatic N) is 1. The molecule has 4 nitrogen and oxygen atoms in total. The number of carbonyl (C=O) groups is 2. The van der Waals surface area contributed by atoms with Gasteiger partial charge in [-0.15, -0.1) is 0 Å². The molecule has 1 amide bonds. The van der Waals surface area contributed by atoms with Gasteiger partial charge in [-0.1, -0.05) is 20.8 Å².